The van der Waals surface area contributed by atoms with Crippen LogP contribution in [0.1, 0.15) is 5.56 Å². The molecule has 1 aliphatic heterocycles. The lowest BCUT2D eigenvalue weighted by Crippen LogP contribution is -2.00. The molecule has 0 bridgehead atoms. The van der Waals surface area contributed by atoms with Crippen LogP contribution in [0.4, 0.5) is 0 Å². The molecule has 0 fully saturated rings. The molecule has 0 saturated heterocycles. The summed E-state index contributed by atoms with van der Waals surface area (Å²) in [6.07, 6.45) is 0. The topological polar surface area (TPSA) is 18.5 Å². The molecule has 1 heterocycles. The molecule has 2 rings (SSSR count). The molecule has 0 radical (unpaired) electrons. The summed E-state index contributed by atoms with van der Waals surface area (Å²) in [7, 11) is -0.817. The predicted molar refractivity (Wildman–Crippen MR) is 50.0 cm³/mol. The zero-order valence-corrected chi connectivity index (χ0v) is 7.67. The summed E-state index contributed by atoms with van der Waals surface area (Å²) in [6, 6.07) is 7.77. The first-order valence-corrected chi connectivity index (χ1v) is 5.28. The number of hydrogen-bond acceptors (Lipinski definition) is 2. The lowest BCUT2D eigenvalue weighted by Gasteiger charge is -2.23. The molecule has 0 spiro atoms. The SMILES string of the molecule is C=C1OP(C)Oc2ccccc21. The van der Waals surface area contributed by atoms with Gasteiger partial charge in [0.05, 0.1) is 5.56 Å². The molecule has 62 valence electrons. The fourth-order valence-electron chi connectivity index (χ4n) is 1.14. The minimum Gasteiger partial charge on any atom is -0.439 e. The van der Waals surface area contributed by atoms with Crippen LogP contribution in [0.3, 0.4) is 0 Å². The number of hydrogen-bond donors (Lipinski definition) is 0. The van der Waals surface area contributed by atoms with Gasteiger partial charge in [-0.25, -0.2) is 0 Å². The molecule has 1 unspecified atom stereocenters. The number of fused-ring (bicyclic) bond motifs is 1. The quantitative estimate of drug-likeness (QED) is 0.571. The summed E-state index contributed by atoms with van der Waals surface area (Å²) < 4.78 is 10.8. The van der Waals surface area contributed by atoms with E-state index in [0.29, 0.717) is 5.76 Å². The Morgan fingerprint density at radius 3 is 2.83 bits per heavy atom. The fourth-order valence-corrected chi connectivity index (χ4v) is 2.02. The third-order valence-corrected chi connectivity index (χ3v) is 2.58. The largest absolute Gasteiger partial charge is 0.439 e. The van der Waals surface area contributed by atoms with Gasteiger partial charge in [-0.1, -0.05) is 18.7 Å². The zero-order valence-electron chi connectivity index (χ0n) is 6.78. The van der Waals surface area contributed by atoms with Gasteiger partial charge in [0.25, 0.3) is 8.38 Å². The zero-order chi connectivity index (χ0) is 8.55. The van der Waals surface area contributed by atoms with Gasteiger partial charge in [-0.05, 0) is 12.1 Å². The van der Waals surface area contributed by atoms with Crippen molar-refractivity contribution < 1.29 is 9.05 Å². The van der Waals surface area contributed by atoms with Gasteiger partial charge >= 0.3 is 0 Å². The highest BCUT2D eigenvalue weighted by atomic mass is 31.2. The highest BCUT2D eigenvalue weighted by Crippen LogP contribution is 2.47. The van der Waals surface area contributed by atoms with E-state index < -0.39 is 8.38 Å². The minimum atomic E-state index is -0.817. The highest BCUT2D eigenvalue weighted by Gasteiger charge is 2.19. The average molecular weight is 180 g/mol. The molecule has 0 aromatic heterocycles. The van der Waals surface area contributed by atoms with E-state index in [2.05, 4.69) is 6.58 Å². The van der Waals surface area contributed by atoms with E-state index >= 15 is 0 Å². The Bertz CT molecular complexity index is 322. The molecule has 1 atom stereocenters. The Hall–Kier alpha value is -1.01. The minimum absolute atomic E-state index is 0.713. The van der Waals surface area contributed by atoms with Crippen molar-refractivity contribution in [3.63, 3.8) is 0 Å². The van der Waals surface area contributed by atoms with Crippen molar-refractivity contribution in [2.24, 2.45) is 0 Å². The molecule has 2 nitrogen and oxygen atoms in total. The molecular weight excluding hydrogens is 171 g/mol. The van der Waals surface area contributed by atoms with Crippen LogP contribution < -0.4 is 4.52 Å². The van der Waals surface area contributed by atoms with E-state index in [9.17, 15) is 0 Å². The van der Waals surface area contributed by atoms with Crippen LogP contribution in [0.15, 0.2) is 30.8 Å². The summed E-state index contributed by atoms with van der Waals surface area (Å²) in [4.78, 5) is 0. The van der Waals surface area contributed by atoms with Gasteiger partial charge in [0.1, 0.15) is 11.5 Å². The molecule has 0 aliphatic carbocycles. The summed E-state index contributed by atoms with van der Waals surface area (Å²) in [5.74, 6) is 1.59. The van der Waals surface area contributed by atoms with Crippen molar-refractivity contribution in [2.75, 3.05) is 6.66 Å². The molecule has 0 amide bonds. The Morgan fingerprint density at radius 2 is 2.00 bits per heavy atom. The number of para-hydroxylation sites is 1. The second-order valence-corrected chi connectivity index (χ2v) is 3.79. The summed E-state index contributed by atoms with van der Waals surface area (Å²) in [5.41, 5.74) is 0.957. The molecule has 0 N–H and O–H groups in total. The van der Waals surface area contributed by atoms with Crippen LogP contribution in [0, 0.1) is 0 Å². The Labute approximate surface area is 72.7 Å². The molecule has 1 aromatic rings. The van der Waals surface area contributed by atoms with Crippen LogP contribution in [0.25, 0.3) is 5.76 Å². The van der Waals surface area contributed by atoms with Gasteiger partial charge in [-0.2, -0.15) is 0 Å². The van der Waals surface area contributed by atoms with Gasteiger partial charge in [-0.15, -0.1) is 0 Å². The highest BCUT2D eigenvalue weighted by molar-refractivity contribution is 7.47. The second kappa shape index (κ2) is 2.80. The maximum Gasteiger partial charge on any atom is 0.286 e. The monoisotopic (exact) mass is 180 g/mol. The lowest BCUT2D eigenvalue weighted by atomic mass is 10.2. The van der Waals surface area contributed by atoms with Crippen LogP contribution >= 0.6 is 8.38 Å². The lowest BCUT2D eigenvalue weighted by molar-refractivity contribution is 0.447. The maximum absolute atomic E-state index is 5.48. The Kier molecular flexibility index (Phi) is 1.78. The smallest absolute Gasteiger partial charge is 0.286 e. The molecule has 3 heteroatoms. The van der Waals surface area contributed by atoms with Crippen molar-refractivity contribution >= 4 is 14.1 Å². The van der Waals surface area contributed by atoms with E-state index in [1.807, 2.05) is 30.9 Å². The molecule has 12 heavy (non-hydrogen) atoms. The number of benzene rings is 1. The first-order chi connectivity index (χ1) is 5.77. The molecule has 0 saturated carbocycles. The first-order valence-electron chi connectivity index (χ1n) is 3.65. The number of rotatable bonds is 0. The van der Waals surface area contributed by atoms with Gasteiger partial charge < -0.3 is 9.05 Å². The summed E-state index contributed by atoms with van der Waals surface area (Å²) in [6.45, 7) is 5.73. The second-order valence-electron chi connectivity index (χ2n) is 2.54. The third kappa shape index (κ3) is 1.19. The van der Waals surface area contributed by atoms with Crippen molar-refractivity contribution in [1.29, 1.82) is 0 Å². The van der Waals surface area contributed by atoms with Gasteiger partial charge in [0.2, 0.25) is 0 Å². The summed E-state index contributed by atoms with van der Waals surface area (Å²) >= 11 is 0. The van der Waals surface area contributed by atoms with Crippen LogP contribution in [0.5, 0.6) is 5.75 Å². The predicted octanol–water partition coefficient (Wildman–Crippen LogP) is 3.01. The van der Waals surface area contributed by atoms with E-state index in [4.69, 9.17) is 9.05 Å². The molecule has 1 aliphatic rings. The van der Waals surface area contributed by atoms with Crippen LogP contribution in [-0.2, 0) is 4.52 Å². The summed E-state index contributed by atoms with van der Waals surface area (Å²) in [5, 5.41) is 0. The van der Waals surface area contributed by atoms with E-state index in [1.165, 1.54) is 0 Å². The Morgan fingerprint density at radius 1 is 1.25 bits per heavy atom. The normalized spacial score (nSPS) is 20.8. The molecular formula is C9H9O2P. The maximum atomic E-state index is 5.48. The van der Waals surface area contributed by atoms with Crippen LogP contribution in [-0.4, -0.2) is 6.66 Å². The third-order valence-electron chi connectivity index (χ3n) is 1.65. The fraction of sp³-hybridized carbons (Fsp3) is 0.111. The average Bonchev–Trinajstić information content (AvgIpc) is 2.04. The van der Waals surface area contributed by atoms with E-state index in [0.717, 1.165) is 11.3 Å². The Balaban J connectivity index is 2.47. The van der Waals surface area contributed by atoms with Gasteiger partial charge in [-0.3, -0.25) is 0 Å². The van der Waals surface area contributed by atoms with Crippen molar-refractivity contribution in [1.82, 2.24) is 0 Å². The van der Waals surface area contributed by atoms with Gasteiger partial charge in [0, 0.05) is 6.66 Å². The van der Waals surface area contributed by atoms with Crippen LogP contribution in [0.2, 0.25) is 0 Å². The molecule has 1 aromatic carbocycles. The van der Waals surface area contributed by atoms with E-state index in [-0.39, 0.29) is 0 Å². The van der Waals surface area contributed by atoms with Crippen molar-refractivity contribution in [3.05, 3.63) is 36.4 Å². The van der Waals surface area contributed by atoms with Crippen molar-refractivity contribution in [2.45, 2.75) is 0 Å². The standard InChI is InChI=1S/C9H9O2P/c1-7-8-5-3-4-6-9(8)11-12(2)10-7/h3-6H,1H2,2H3. The first kappa shape index (κ1) is 7.63. The van der Waals surface area contributed by atoms with E-state index in [1.54, 1.807) is 0 Å². The van der Waals surface area contributed by atoms with Gasteiger partial charge in [0.15, 0.2) is 0 Å². The van der Waals surface area contributed by atoms with Crippen molar-refractivity contribution in [3.8, 4) is 5.75 Å².